The van der Waals surface area contributed by atoms with E-state index in [1.54, 1.807) is 0 Å². The van der Waals surface area contributed by atoms with E-state index < -0.39 is 70.3 Å². The molecule has 14 N–H and O–H groups in total. The Morgan fingerprint density at radius 1 is 0.432 bits per heavy atom. The molecular weight excluding hydrogens is 961 g/mol. The molecule has 0 fully saturated rings. The summed E-state index contributed by atoms with van der Waals surface area (Å²) in [6, 6.07) is 16.7. The molecule has 0 saturated heterocycles. The number of amides is 8. The van der Waals surface area contributed by atoms with Crippen molar-refractivity contribution < 1.29 is 58.8 Å². The van der Waals surface area contributed by atoms with E-state index in [2.05, 4.69) is 42.5 Å². The van der Waals surface area contributed by atoms with Crippen molar-refractivity contribution >= 4 is 47.3 Å². The smallest absolute Gasteiger partial charge is 0.255 e. The lowest BCUT2D eigenvalue weighted by atomic mass is 10.1. The van der Waals surface area contributed by atoms with E-state index in [0.29, 0.717) is 19.6 Å². The number of rotatable bonds is 5. The summed E-state index contributed by atoms with van der Waals surface area (Å²) < 4.78 is 0. The van der Waals surface area contributed by atoms with Crippen LogP contribution < -0.4 is 48.3 Å². The minimum Gasteiger partial charge on any atom is -0.506 e. The molecule has 0 saturated carbocycles. The quantitative estimate of drug-likeness (QED) is 0.106. The van der Waals surface area contributed by atoms with E-state index in [1.807, 2.05) is 14.7 Å². The highest BCUT2D eigenvalue weighted by Gasteiger charge is 2.24. The third-order valence-corrected chi connectivity index (χ3v) is 12.3. The van der Waals surface area contributed by atoms with Crippen molar-refractivity contribution in [2.75, 3.05) is 118 Å². The van der Waals surface area contributed by atoms with Gasteiger partial charge in [0, 0.05) is 118 Å². The molecule has 8 bridgehead atoms. The number of nitrogens with two attached hydrogens (primary N) is 1. The van der Waals surface area contributed by atoms with Crippen LogP contribution in [0.4, 0.5) is 0 Å². The second-order valence-corrected chi connectivity index (χ2v) is 17.2. The van der Waals surface area contributed by atoms with Crippen molar-refractivity contribution in [3.05, 3.63) is 117 Å². The Kier molecular flexibility index (Phi) is 20.0. The topological polar surface area (TPSA) is 349 Å². The third kappa shape index (κ3) is 14.9. The molecule has 0 aliphatic carbocycles. The number of para-hydroxylation sites is 4. The largest absolute Gasteiger partial charge is 0.506 e. The summed E-state index contributed by atoms with van der Waals surface area (Å²) in [5.41, 5.74) is 4.13. The number of phenolic OH excluding ortho intramolecular Hbond substituents is 3. The molecule has 3 aliphatic heterocycles. The van der Waals surface area contributed by atoms with Crippen molar-refractivity contribution in [3.8, 4) is 23.0 Å². The van der Waals surface area contributed by atoms with Crippen LogP contribution in [0, 0.1) is 0 Å². The number of carbonyl (C=O) groups excluding carboxylic acids is 8. The van der Waals surface area contributed by atoms with Crippen molar-refractivity contribution in [1.29, 1.82) is 0 Å². The zero-order valence-corrected chi connectivity index (χ0v) is 40.6. The summed E-state index contributed by atoms with van der Waals surface area (Å²) in [7, 11) is 0. The van der Waals surface area contributed by atoms with Gasteiger partial charge in [-0.05, 0) is 48.5 Å². The molecule has 3 aliphatic rings. The van der Waals surface area contributed by atoms with Gasteiger partial charge in [-0.1, -0.05) is 24.3 Å². The van der Waals surface area contributed by atoms with Gasteiger partial charge in [-0.3, -0.25) is 53.1 Å². The number of fused-ring (bicyclic) bond motifs is 24. The monoisotopic (exact) mass is 1020 g/mol. The summed E-state index contributed by atoms with van der Waals surface area (Å²) in [4.78, 5) is 111. The average Bonchev–Trinajstić information content (AvgIpc) is 3.37. The molecule has 0 atom stereocenters. The number of nitrogens with zero attached hydrogens (tertiary/aromatic N) is 3. The number of nitrogens with one attached hydrogen (secondary N) is 8. The molecule has 74 heavy (non-hydrogen) atoms. The first kappa shape index (κ1) is 55.0. The van der Waals surface area contributed by atoms with Crippen LogP contribution in [-0.4, -0.2) is 200 Å². The number of hydrogen-bond donors (Lipinski definition) is 13. The van der Waals surface area contributed by atoms with Crippen molar-refractivity contribution in [2.45, 2.75) is 0 Å². The zero-order chi connectivity index (χ0) is 53.1. The van der Waals surface area contributed by atoms with Crippen molar-refractivity contribution in [1.82, 2.24) is 57.2 Å². The Bertz CT molecular complexity index is 2630. The summed E-state index contributed by atoms with van der Waals surface area (Å²) in [5.74, 6) is -7.64. The Balaban J connectivity index is 1.29. The lowest BCUT2D eigenvalue weighted by Crippen LogP contribution is -2.46. The summed E-state index contributed by atoms with van der Waals surface area (Å²) in [6.07, 6.45) is 0. The van der Waals surface area contributed by atoms with Crippen LogP contribution in [0.15, 0.2) is 72.8 Å². The molecular formula is C50H62N12O12. The average molecular weight is 1020 g/mol. The van der Waals surface area contributed by atoms with Crippen LogP contribution in [0.3, 0.4) is 0 Å². The van der Waals surface area contributed by atoms with E-state index in [4.69, 9.17) is 5.73 Å². The van der Waals surface area contributed by atoms with Gasteiger partial charge < -0.3 is 68.7 Å². The van der Waals surface area contributed by atoms with Gasteiger partial charge in [0.1, 0.15) is 23.0 Å². The van der Waals surface area contributed by atoms with Crippen molar-refractivity contribution in [3.63, 3.8) is 0 Å². The first-order valence-corrected chi connectivity index (χ1v) is 24.1. The molecule has 0 unspecified atom stereocenters. The number of hydrogen-bond acceptors (Lipinski definition) is 16. The van der Waals surface area contributed by atoms with E-state index in [1.165, 1.54) is 72.8 Å². The number of primary amides is 1. The van der Waals surface area contributed by atoms with E-state index in [-0.39, 0.29) is 143 Å². The SMILES string of the molecule is NC(=O)c1cccc(C(=O)NCCN2CCNC(=O)c3cccc(c3O)C(=O)NCCNCCN3CCNC(=O)c4cccc(c4O)C(=O)NCCN(CCNC(=O)c4cccc(c4O)C(=O)NCC3)CC2)c1O. The molecule has 0 radical (unpaired) electrons. The molecule has 7 rings (SSSR count). The number of aromatic hydroxyl groups is 4. The fourth-order valence-corrected chi connectivity index (χ4v) is 8.20. The van der Waals surface area contributed by atoms with Gasteiger partial charge in [0.25, 0.3) is 47.3 Å². The minimum atomic E-state index is -0.928. The lowest BCUT2D eigenvalue weighted by Gasteiger charge is -2.28. The summed E-state index contributed by atoms with van der Waals surface area (Å²) >= 11 is 0. The van der Waals surface area contributed by atoms with Crippen LogP contribution in [0.25, 0.3) is 0 Å². The predicted octanol–water partition coefficient (Wildman–Crippen LogP) is -1.66. The molecule has 3 heterocycles. The van der Waals surface area contributed by atoms with Crippen LogP contribution in [0.1, 0.15) is 82.9 Å². The number of carbonyl (C=O) groups is 8. The van der Waals surface area contributed by atoms with Crippen LogP contribution in [0.5, 0.6) is 23.0 Å². The van der Waals surface area contributed by atoms with E-state index in [0.717, 1.165) is 0 Å². The van der Waals surface area contributed by atoms with Gasteiger partial charge in [0.2, 0.25) is 0 Å². The Labute approximate surface area is 426 Å². The normalized spacial score (nSPS) is 18.9. The Morgan fingerprint density at radius 3 is 1.20 bits per heavy atom. The first-order chi connectivity index (χ1) is 35.6. The molecule has 24 nitrogen and oxygen atoms in total. The van der Waals surface area contributed by atoms with E-state index >= 15 is 0 Å². The van der Waals surface area contributed by atoms with Gasteiger partial charge in [-0.2, -0.15) is 0 Å². The molecule has 0 spiro atoms. The van der Waals surface area contributed by atoms with Gasteiger partial charge >= 0.3 is 0 Å². The molecule has 8 amide bonds. The highest BCUT2D eigenvalue weighted by Crippen LogP contribution is 2.25. The van der Waals surface area contributed by atoms with Crippen molar-refractivity contribution in [2.24, 2.45) is 5.73 Å². The Morgan fingerprint density at radius 2 is 0.784 bits per heavy atom. The van der Waals surface area contributed by atoms with Gasteiger partial charge in [-0.15, -0.1) is 0 Å². The van der Waals surface area contributed by atoms with Crippen LogP contribution in [-0.2, 0) is 0 Å². The number of benzene rings is 4. The van der Waals surface area contributed by atoms with Gasteiger partial charge in [0.05, 0.1) is 44.5 Å². The summed E-state index contributed by atoms with van der Waals surface area (Å²) in [6.45, 7) is 3.19. The fraction of sp³-hybridized carbons (Fsp3) is 0.360. The second-order valence-electron chi connectivity index (χ2n) is 17.2. The maximum absolute atomic E-state index is 13.5. The molecule has 4 aromatic carbocycles. The maximum Gasteiger partial charge on any atom is 0.255 e. The first-order valence-electron chi connectivity index (χ1n) is 24.1. The molecule has 4 aromatic rings. The van der Waals surface area contributed by atoms with Gasteiger partial charge in [-0.25, -0.2) is 0 Å². The fourth-order valence-electron chi connectivity index (χ4n) is 8.20. The third-order valence-electron chi connectivity index (χ3n) is 12.3. The summed E-state index contributed by atoms with van der Waals surface area (Å²) in [5, 5.41) is 66.6. The Hall–Kier alpha value is -8.32. The van der Waals surface area contributed by atoms with Crippen LogP contribution in [0.2, 0.25) is 0 Å². The second kappa shape index (κ2) is 26.9. The van der Waals surface area contributed by atoms with Gasteiger partial charge in [0.15, 0.2) is 0 Å². The molecule has 394 valence electrons. The van der Waals surface area contributed by atoms with E-state index in [9.17, 15) is 58.8 Å². The predicted molar refractivity (Wildman–Crippen MR) is 269 cm³/mol. The standard InChI is InChI=1S/C50H62N12O12/c51-43(67)31-5-1-6-32(39(31)63)45(69)56-18-25-61-26-19-57-48(72)34-8-2-7-33(40(34)64)44(68)53-14-13-52-15-22-60-23-16-54-46(70)35-9-3-11-37(41(35)65)49(73)58-20-27-62(30-29-61)28-21-59-50(74)38-12-4-10-36(42(38)66)47(71)55-17-24-60/h1-12,52,63-66H,13-30H2,(H2,51,67)(H,53,68)(H,54,70)(H,55,71)(H,56,69)(H,57,72)(H,58,73)(H,59,74). The number of phenols is 4. The lowest BCUT2D eigenvalue weighted by molar-refractivity contribution is 0.0914. The highest BCUT2D eigenvalue weighted by molar-refractivity contribution is 6.06. The maximum atomic E-state index is 13.5. The van der Waals surface area contributed by atoms with Crippen LogP contribution >= 0.6 is 0 Å². The minimum absolute atomic E-state index is 0.00615. The highest BCUT2D eigenvalue weighted by atomic mass is 16.3. The molecule has 0 aromatic heterocycles. The molecule has 24 heteroatoms. The zero-order valence-electron chi connectivity index (χ0n) is 40.6.